The number of aromatic nitrogens is 1. The average molecular weight is 403 g/mol. The SMILES string of the molecule is N#Cc1ccccc1C(=O)N1CCN(c2cccnc2C=NC2(C(=O)O)CC2)CC1. The number of carbonyl (C=O) groups excluding carboxylic acids is 1. The summed E-state index contributed by atoms with van der Waals surface area (Å²) < 4.78 is 0. The molecule has 2 aromatic rings. The van der Waals surface area contributed by atoms with E-state index in [9.17, 15) is 20.0 Å². The van der Waals surface area contributed by atoms with Crippen LogP contribution in [0.3, 0.4) is 0 Å². The highest BCUT2D eigenvalue weighted by Gasteiger charge is 2.50. The van der Waals surface area contributed by atoms with Gasteiger partial charge in [-0.15, -0.1) is 0 Å². The number of aliphatic carboxylic acids is 1. The number of anilines is 1. The van der Waals surface area contributed by atoms with Crippen LogP contribution in [0.25, 0.3) is 0 Å². The molecule has 2 heterocycles. The molecule has 0 spiro atoms. The van der Waals surface area contributed by atoms with Crippen LogP contribution in [0.5, 0.6) is 0 Å². The summed E-state index contributed by atoms with van der Waals surface area (Å²) in [7, 11) is 0. The van der Waals surface area contributed by atoms with E-state index < -0.39 is 11.5 Å². The van der Waals surface area contributed by atoms with E-state index in [1.807, 2.05) is 12.1 Å². The van der Waals surface area contributed by atoms with Crippen molar-refractivity contribution in [1.82, 2.24) is 9.88 Å². The molecule has 1 saturated carbocycles. The molecule has 0 bridgehead atoms. The van der Waals surface area contributed by atoms with Crippen LogP contribution in [0.1, 0.15) is 34.5 Å². The van der Waals surface area contributed by atoms with Crippen molar-refractivity contribution in [2.75, 3.05) is 31.1 Å². The Kier molecular flexibility index (Phi) is 5.19. The third-order valence-corrected chi connectivity index (χ3v) is 5.56. The maximum Gasteiger partial charge on any atom is 0.331 e. The molecule has 8 nitrogen and oxygen atoms in total. The fourth-order valence-corrected chi connectivity index (χ4v) is 3.57. The summed E-state index contributed by atoms with van der Waals surface area (Å²) in [6.07, 6.45) is 4.30. The van der Waals surface area contributed by atoms with Gasteiger partial charge in [0.25, 0.3) is 5.91 Å². The van der Waals surface area contributed by atoms with Crippen LogP contribution in [-0.4, -0.2) is 64.8 Å². The number of pyridine rings is 1. The molecule has 1 aromatic heterocycles. The van der Waals surface area contributed by atoms with E-state index in [0.717, 1.165) is 5.69 Å². The lowest BCUT2D eigenvalue weighted by Crippen LogP contribution is -2.49. The zero-order chi connectivity index (χ0) is 21.1. The molecule has 8 heteroatoms. The number of benzene rings is 1. The topological polar surface area (TPSA) is 110 Å². The van der Waals surface area contributed by atoms with E-state index in [2.05, 4.69) is 20.9 Å². The van der Waals surface area contributed by atoms with Crippen LogP contribution >= 0.6 is 0 Å². The Labute approximate surface area is 174 Å². The minimum Gasteiger partial charge on any atom is -0.479 e. The standard InChI is InChI=1S/C22H21N5O3/c23-14-16-4-1-2-5-17(16)20(28)27-12-10-26(11-13-27)19-6-3-9-24-18(19)15-25-22(7-8-22)21(29)30/h1-6,9,15H,7-8,10-13H2,(H,29,30). The van der Waals surface area contributed by atoms with Crippen molar-refractivity contribution < 1.29 is 14.7 Å². The van der Waals surface area contributed by atoms with Crippen molar-refractivity contribution in [3.05, 3.63) is 59.4 Å². The second-order valence-corrected chi connectivity index (χ2v) is 7.44. The molecule has 1 saturated heterocycles. The van der Waals surface area contributed by atoms with Crippen LogP contribution in [0.2, 0.25) is 0 Å². The van der Waals surface area contributed by atoms with Crippen molar-refractivity contribution in [2.24, 2.45) is 4.99 Å². The molecule has 152 valence electrons. The minimum absolute atomic E-state index is 0.142. The highest BCUT2D eigenvalue weighted by molar-refractivity contribution is 5.97. The van der Waals surface area contributed by atoms with Gasteiger partial charge >= 0.3 is 5.97 Å². The number of hydrogen-bond acceptors (Lipinski definition) is 6. The lowest BCUT2D eigenvalue weighted by atomic mass is 10.1. The van der Waals surface area contributed by atoms with Gasteiger partial charge in [-0.3, -0.25) is 14.8 Å². The molecular weight excluding hydrogens is 382 g/mol. The van der Waals surface area contributed by atoms with E-state index >= 15 is 0 Å². The van der Waals surface area contributed by atoms with E-state index in [1.165, 1.54) is 0 Å². The summed E-state index contributed by atoms with van der Waals surface area (Å²) in [6.45, 7) is 2.25. The molecule has 30 heavy (non-hydrogen) atoms. The van der Waals surface area contributed by atoms with E-state index in [-0.39, 0.29) is 5.91 Å². The Bertz CT molecular complexity index is 1050. The van der Waals surface area contributed by atoms with Crippen molar-refractivity contribution in [3.63, 3.8) is 0 Å². The zero-order valence-corrected chi connectivity index (χ0v) is 16.4. The zero-order valence-electron chi connectivity index (χ0n) is 16.4. The van der Waals surface area contributed by atoms with Crippen molar-refractivity contribution >= 4 is 23.8 Å². The number of rotatable bonds is 5. The monoisotopic (exact) mass is 403 g/mol. The van der Waals surface area contributed by atoms with Gasteiger partial charge in [-0.1, -0.05) is 12.1 Å². The van der Waals surface area contributed by atoms with Gasteiger partial charge in [0.2, 0.25) is 0 Å². The Balaban J connectivity index is 1.46. The first-order valence-corrected chi connectivity index (χ1v) is 9.81. The van der Waals surface area contributed by atoms with E-state index in [0.29, 0.717) is 55.8 Å². The number of carboxylic acids is 1. The third kappa shape index (κ3) is 3.74. The predicted molar refractivity (Wildman–Crippen MR) is 111 cm³/mol. The Morgan fingerprint density at radius 2 is 1.87 bits per heavy atom. The third-order valence-electron chi connectivity index (χ3n) is 5.56. The van der Waals surface area contributed by atoms with E-state index in [1.54, 1.807) is 41.6 Å². The second-order valence-electron chi connectivity index (χ2n) is 7.44. The van der Waals surface area contributed by atoms with Gasteiger partial charge in [0, 0.05) is 32.4 Å². The highest BCUT2D eigenvalue weighted by atomic mass is 16.4. The van der Waals surface area contributed by atoms with Gasteiger partial charge < -0.3 is 14.9 Å². The Morgan fingerprint density at radius 1 is 1.13 bits per heavy atom. The van der Waals surface area contributed by atoms with Crippen molar-refractivity contribution in [1.29, 1.82) is 5.26 Å². The van der Waals surface area contributed by atoms with Gasteiger partial charge in [-0.25, -0.2) is 4.79 Å². The summed E-state index contributed by atoms with van der Waals surface area (Å²) in [5, 5.41) is 18.6. The molecule has 1 aliphatic carbocycles. The fourth-order valence-electron chi connectivity index (χ4n) is 3.57. The number of amides is 1. The first-order chi connectivity index (χ1) is 14.5. The molecule has 0 unspecified atom stereocenters. The van der Waals surface area contributed by atoms with E-state index in [4.69, 9.17) is 0 Å². The first kappa shape index (κ1) is 19.6. The number of hydrogen-bond donors (Lipinski definition) is 1. The highest BCUT2D eigenvalue weighted by Crippen LogP contribution is 2.40. The van der Waals surface area contributed by atoms with Gasteiger partial charge in [-0.2, -0.15) is 5.26 Å². The van der Waals surface area contributed by atoms with Crippen molar-refractivity contribution in [2.45, 2.75) is 18.4 Å². The van der Waals surface area contributed by atoms with Gasteiger partial charge in [-0.05, 0) is 37.1 Å². The molecule has 1 amide bonds. The maximum atomic E-state index is 12.8. The van der Waals surface area contributed by atoms with Gasteiger partial charge in [0.05, 0.1) is 29.1 Å². The van der Waals surface area contributed by atoms with Crippen LogP contribution in [0, 0.1) is 11.3 Å². The summed E-state index contributed by atoms with van der Waals surface area (Å²) in [6, 6.07) is 12.7. The predicted octanol–water partition coefficient (Wildman–Crippen LogP) is 1.95. The Hall–Kier alpha value is -3.73. The van der Waals surface area contributed by atoms with Crippen LogP contribution < -0.4 is 4.90 Å². The molecule has 0 radical (unpaired) electrons. The lowest BCUT2D eigenvalue weighted by Gasteiger charge is -2.36. The van der Waals surface area contributed by atoms with Gasteiger partial charge in [0.1, 0.15) is 5.69 Å². The minimum atomic E-state index is -0.992. The quantitative estimate of drug-likeness (QED) is 0.764. The average Bonchev–Trinajstić information content (AvgIpc) is 3.59. The maximum absolute atomic E-state index is 12.8. The molecule has 4 rings (SSSR count). The summed E-state index contributed by atoms with van der Waals surface area (Å²) >= 11 is 0. The van der Waals surface area contributed by atoms with Crippen molar-refractivity contribution in [3.8, 4) is 6.07 Å². The summed E-state index contributed by atoms with van der Waals surface area (Å²) in [4.78, 5) is 36.7. The number of carboxylic acid groups (broad SMARTS) is 1. The number of nitriles is 1. The van der Waals surface area contributed by atoms with Gasteiger partial charge in [0.15, 0.2) is 5.54 Å². The Morgan fingerprint density at radius 3 is 2.53 bits per heavy atom. The summed E-state index contributed by atoms with van der Waals surface area (Å²) in [5.74, 6) is -1.04. The van der Waals surface area contributed by atoms with Crippen LogP contribution in [-0.2, 0) is 4.79 Å². The number of piperazine rings is 1. The van der Waals surface area contributed by atoms with Crippen LogP contribution in [0.15, 0.2) is 47.6 Å². The second kappa shape index (κ2) is 7.95. The summed E-state index contributed by atoms with van der Waals surface area (Å²) in [5.41, 5.74) is 1.30. The number of nitrogens with zero attached hydrogens (tertiary/aromatic N) is 5. The molecule has 0 atom stereocenters. The first-order valence-electron chi connectivity index (χ1n) is 9.81. The molecule has 1 aromatic carbocycles. The molecular formula is C22H21N5O3. The molecule has 2 aliphatic rings. The van der Waals surface area contributed by atoms with Crippen LogP contribution in [0.4, 0.5) is 5.69 Å². The largest absolute Gasteiger partial charge is 0.479 e. The lowest BCUT2D eigenvalue weighted by molar-refractivity contribution is -0.139. The number of carbonyl (C=O) groups is 2. The molecule has 1 aliphatic heterocycles. The smallest absolute Gasteiger partial charge is 0.331 e. The molecule has 1 N–H and O–H groups in total. The molecule has 2 fully saturated rings. The fraction of sp³-hybridized carbons (Fsp3) is 0.318. The normalized spacial score (nSPS) is 17.6. The number of aliphatic imine (C=N–C) groups is 1.